The van der Waals surface area contributed by atoms with Crippen LogP contribution < -0.4 is 0 Å². The first-order chi connectivity index (χ1) is 9.11. The van der Waals surface area contributed by atoms with Crippen LogP contribution in [0.15, 0.2) is 16.5 Å². The monoisotopic (exact) mass is 283 g/mol. The fourth-order valence-electron chi connectivity index (χ4n) is 2.00. The third kappa shape index (κ3) is 3.32. The first-order valence-corrected chi connectivity index (χ1v) is 7.21. The van der Waals surface area contributed by atoms with Crippen LogP contribution in [0.5, 0.6) is 0 Å². The molecule has 6 heteroatoms. The number of amides is 1. The van der Waals surface area contributed by atoms with Crippen LogP contribution in [0.25, 0.3) is 0 Å². The number of carbonyl (C=O) groups is 2. The largest absolute Gasteiger partial charge is 0.469 e. The Morgan fingerprint density at radius 1 is 1.58 bits per heavy atom. The zero-order valence-electron chi connectivity index (χ0n) is 11.0. The van der Waals surface area contributed by atoms with Gasteiger partial charge >= 0.3 is 5.97 Å². The van der Waals surface area contributed by atoms with Crippen LogP contribution in [0.1, 0.15) is 29.7 Å². The molecule has 0 radical (unpaired) electrons. The normalized spacial score (nSPS) is 19.6. The number of esters is 1. The Hall–Kier alpha value is -1.43. The third-order valence-corrected chi connectivity index (χ3v) is 4.23. The Morgan fingerprint density at radius 3 is 3.00 bits per heavy atom. The molecule has 2 rings (SSSR count). The molecule has 0 aliphatic carbocycles. The minimum absolute atomic E-state index is 0.0571. The molecular formula is C13H17NO4S. The van der Waals surface area contributed by atoms with Crippen LogP contribution in [0.3, 0.4) is 0 Å². The second kappa shape index (κ2) is 6.14. The summed E-state index contributed by atoms with van der Waals surface area (Å²) in [6.07, 6.45) is 0.709. The number of hydrogen-bond donors (Lipinski definition) is 0. The summed E-state index contributed by atoms with van der Waals surface area (Å²) in [6.45, 7) is 2.24. The average Bonchev–Trinajstić information content (AvgIpc) is 2.83. The number of rotatable bonds is 4. The molecule has 1 aliphatic heterocycles. The standard InChI is InChI=1S/C13H17NO4S/c1-9-3-4-10(18-9)13-14(7-5-12(16)17-2)11(15)6-8-19-13/h3-4,13H,5-8H2,1-2H3. The van der Waals surface area contributed by atoms with E-state index in [9.17, 15) is 9.59 Å². The van der Waals surface area contributed by atoms with Gasteiger partial charge < -0.3 is 14.1 Å². The molecule has 1 atom stereocenters. The van der Waals surface area contributed by atoms with E-state index in [0.717, 1.165) is 17.3 Å². The molecule has 0 aromatic carbocycles. The zero-order valence-corrected chi connectivity index (χ0v) is 11.9. The van der Waals surface area contributed by atoms with Gasteiger partial charge in [-0.25, -0.2) is 0 Å². The quantitative estimate of drug-likeness (QED) is 0.792. The van der Waals surface area contributed by atoms with Crippen molar-refractivity contribution in [3.8, 4) is 0 Å². The molecule has 2 heterocycles. The number of furan rings is 1. The highest BCUT2D eigenvalue weighted by Gasteiger charge is 2.32. The Labute approximate surface area is 116 Å². The predicted molar refractivity (Wildman–Crippen MR) is 71.6 cm³/mol. The van der Waals surface area contributed by atoms with Crippen molar-refractivity contribution in [1.29, 1.82) is 0 Å². The Balaban J connectivity index is 2.10. The Morgan fingerprint density at radius 2 is 2.37 bits per heavy atom. The van der Waals surface area contributed by atoms with Gasteiger partial charge in [0.05, 0.1) is 13.5 Å². The van der Waals surface area contributed by atoms with Gasteiger partial charge in [-0.2, -0.15) is 0 Å². The molecule has 1 saturated heterocycles. The molecule has 104 valence electrons. The minimum Gasteiger partial charge on any atom is -0.469 e. The molecule has 1 fully saturated rings. The highest BCUT2D eigenvalue weighted by atomic mass is 32.2. The smallest absolute Gasteiger partial charge is 0.307 e. The summed E-state index contributed by atoms with van der Waals surface area (Å²) in [6, 6.07) is 3.77. The summed E-state index contributed by atoms with van der Waals surface area (Å²) in [7, 11) is 1.35. The van der Waals surface area contributed by atoms with E-state index >= 15 is 0 Å². The van der Waals surface area contributed by atoms with Gasteiger partial charge in [0.2, 0.25) is 5.91 Å². The summed E-state index contributed by atoms with van der Waals surface area (Å²) in [5.74, 6) is 2.11. The van der Waals surface area contributed by atoms with E-state index in [0.29, 0.717) is 13.0 Å². The molecular weight excluding hydrogens is 266 g/mol. The predicted octanol–water partition coefficient (Wildman–Crippen LogP) is 2.12. The highest BCUT2D eigenvalue weighted by Crippen LogP contribution is 2.38. The van der Waals surface area contributed by atoms with Crippen LogP contribution >= 0.6 is 11.8 Å². The number of methoxy groups -OCH3 is 1. The number of thioether (sulfide) groups is 1. The molecule has 0 bridgehead atoms. The maximum absolute atomic E-state index is 12.0. The van der Waals surface area contributed by atoms with Gasteiger partial charge in [0.25, 0.3) is 0 Å². The highest BCUT2D eigenvalue weighted by molar-refractivity contribution is 7.99. The van der Waals surface area contributed by atoms with Crippen molar-refractivity contribution in [2.45, 2.75) is 25.1 Å². The first-order valence-electron chi connectivity index (χ1n) is 6.16. The molecule has 5 nitrogen and oxygen atoms in total. The summed E-state index contributed by atoms with van der Waals surface area (Å²) in [4.78, 5) is 24.9. The van der Waals surface area contributed by atoms with E-state index in [1.54, 1.807) is 16.7 Å². The summed E-state index contributed by atoms with van der Waals surface area (Å²) >= 11 is 1.66. The van der Waals surface area contributed by atoms with E-state index in [4.69, 9.17) is 4.42 Å². The molecule has 1 unspecified atom stereocenters. The van der Waals surface area contributed by atoms with Crippen LogP contribution in [0.4, 0.5) is 0 Å². The van der Waals surface area contributed by atoms with E-state index < -0.39 is 0 Å². The van der Waals surface area contributed by atoms with Crippen molar-refractivity contribution >= 4 is 23.6 Å². The fraction of sp³-hybridized carbons (Fsp3) is 0.538. The van der Waals surface area contributed by atoms with Crippen molar-refractivity contribution < 1.29 is 18.7 Å². The van der Waals surface area contributed by atoms with Gasteiger partial charge in [-0.3, -0.25) is 9.59 Å². The van der Waals surface area contributed by atoms with Crippen molar-refractivity contribution in [1.82, 2.24) is 4.90 Å². The van der Waals surface area contributed by atoms with Crippen LogP contribution in [0.2, 0.25) is 0 Å². The lowest BCUT2D eigenvalue weighted by Crippen LogP contribution is -2.38. The molecule has 1 aromatic rings. The van der Waals surface area contributed by atoms with Crippen molar-refractivity contribution in [2.24, 2.45) is 0 Å². The van der Waals surface area contributed by atoms with Gasteiger partial charge in [-0.05, 0) is 19.1 Å². The van der Waals surface area contributed by atoms with Crippen molar-refractivity contribution in [2.75, 3.05) is 19.4 Å². The number of aryl methyl sites for hydroxylation is 1. The third-order valence-electron chi connectivity index (χ3n) is 2.98. The zero-order chi connectivity index (χ0) is 13.8. The van der Waals surface area contributed by atoms with Gasteiger partial charge in [0, 0.05) is 18.7 Å². The minimum atomic E-state index is -0.308. The maximum Gasteiger partial charge on any atom is 0.307 e. The van der Waals surface area contributed by atoms with Gasteiger partial charge in [0.15, 0.2) is 0 Å². The van der Waals surface area contributed by atoms with Crippen LogP contribution in [-0.4, -0.2) is 36.2 Å². The number of hydrogen-bond acceptors (Lipinski definition) is 5. The summed E-state index contributed by atoms with van der Waals surface area (Å²) in [5.41, 5.74) is 0. The van der Waals surface area contributed by atoms with Gasteiger partial charge in [0.1, 0.15) is 16.9 Å². The maximum atomic E-state index is 12.0. The molecule has 0 spiro atoms. The first kappa shape index (κ1) is 14.0. The van der Waals surface area contributed by atoms with E-state index in [1.165, 1.54) is 7.11 Å². The van der Waals surface area contributed by atoms with Crippen molar-refractivity contribution in [3.05, 3.63) is 23.7 Å². The topological polar surface area (TPSA) is 59.8 Å². The lowest BCUT2D eigenvalue weighted by molar-refractivity contribution is -0.142. The van der Waals surface area contributed by atoms with Crippen LogP contribution in [0, 0.1) is 6.92 Å². The van der Waals surface area contributed by atoms with Gasteiger partial charge in [-0.1, -0.05) is 0 Å². The lowest BCUT2D eigenvalue weighted by atomic mass is 10.3. The van der Waals surface area contributed by atoms with E-state index in [-0.39, 0.29) is 23.7 Å². The van der Waals surface area contributed by atoms with Crippen LogP contribution in [-0.2, 0) is 14.3 Å². The van der Waals surface area contributed by atoms with E-state index in [1.807, 2.05) is 19.1 Å². The lowest BCUT2D eigenvalue weighted by Gasteiger charge is -2.33. The Kier molecular flexibility index (Phi) is 4.52. The SMILES string of the molecule is COC(=O)CCN1C(=O)CCSC1c1ccc(C)o1. The number of carbonyl (C=O) groups excluding carboxylic acids is 2. The average molecular weight is 283 g/mol. The molecule has 0 N–H and O–H groups in total. The number of ether oxygens (including phenoxy) is 1. The van der Waals surface area contributed by atoms with Crippen molar-refractivity contribution in [3.63, 3.8) is 0 Å². The molecule has 1 aliphatic rings. The number of nitrogens with zero attached hydrogens (tertiary/aromatic N) is 1. The Bertz CT molecular complexity index is 471. The summed E-state index contributed by atoms with van der Waals surface area (Å²) in [5, 5.41) is -0.139. The molecule has 19 heavy (non-hydrogen) atoms. The fourth-order valence-corrected chi connectivity index (χ4v) is 3.21. The molecule has 0 saturated carbocycles. The van der Waals surface area contributed by atoms with Gasteiger partial charge in [-0.15, -0.1) is 11.8 Å². The van der Waals surface area contributed by atoms with E-state index in [2.05, 4.69) is 4.74 Å². The second-order valence-corrected chi connectivity index (χ2v) is 5.52. The second-order valence-electron chi connectivity index (χ2n) is 4.33. The molecule has 1 amide bonds. The molecule has 1 aromatic heterocycles. The summed E-state index contributed by atoms with van der Waals surface area (Å²) < 4.78 is 10.2.